The molecule has 10 aliphatic heterocycles. The van der Waals surface area contributed by atoms with E-state index in [4.69, 9.17) is 0 Å². The van der Waals surface area contributed by atoms with Gasteiger partial charge in [-0.2, -0.15) is 0 Å². The van der Waals surface area contributed by atoms with Crippen molar-refractivity contribution in [3.8, 4) is 0 Å². The molecule has 8 saturated heterocycles. The first-order valence-corrected chi connectivity index (χ1v) is 20.7. The van der Waals surface area contributed by atoms with Gasteiger partial charge in [-0.25, -0.2) is 0 Å². The molecule has 2 aromatic carbocycles. The number of amides is 4. The predicted molar refractivity (Wildman–Crippen MR) is 183 cm³/mol. The highest BCUT2D eigenvalue weighted by Gasteiger charge is 2.92. The van der Waals surface area contributed by atoms with E-state index in [2.05, 4.69) is 10.6 Å². The molecule has 47 heavy (non-hydrogen) atoms. The van der Waals surface area contributed by atoms with Crippen molar-refractivity contribution in [1.29, 1.82) is 0 Å². The number of aliphatic hydroxyl groups is 2. The van der Waals surface area contributed by atoms with Crippen LogP contribution in [0.4, 0.5) is 11.4 Å². The van der Waals surface area contributed by atoms with Crippen molar-refractivity contribution >= 4 is 88.0 Å². The van der Waals surface area contributed by atoms with Crippen molar-refractivity contribution in [3.63, 3.8) is 0 Å². The molecule has 17 heteroatoms. The molecule has 10 heterocycles. The van der Waals surface area contributed by atoms with Gasteiger partial charge in [-0.1, -0.05) is 47.2 Å². The molecule has 0 unspecified atom stereocenters. The number of benzene rings is 2. The third kappa shape index (κ3) is 2.56. The summed E-state index contributed by atoms with van der Waals surface area (Å²) in [7, 11) is 9.28. The molecule has 0 aliphatic carbocycles. The van der Waals surface area contributed by atoms with Gasteiger partial charge in [-0.05, 0) is 79.3 Å². The molecular formula is C30H28N6O6S5. The average molecular weight is 729 g/mol. The summed E-state index contributed by atoms with van der Waals surface area (Å²) in [5, 5.41) is 33.8. The molecule has 8 fully saturated rings. The number of hydrogen-bond acceptors (Lipinski definition) is 13. The molecule has 2 spiro atoms. The van der Waals surface area contributed by atoms with Gasteiger partial charge in [0.15, 0.2) is 9.74 Å². The largest absolute Gasteiger partial charge is 0.388 e. The quantitative estimate of drug-likeness (QED) is 0.318. The van der Waals surface area contributed by atoms with Crippen LogP contribution in [0.1, 0.15) is 25.0 Å². The summed E-state index contributed by atoms with van der Waals surface area (Å²) in [6.07, 6.45) is -5.26. The first kappa shape index (κ1) is 29.5. The van der Waals surface area contributed by atoms with E-state index < -0.39 is 66.7 Å². The summed E-state index contributed by atoms with van der Waals surface area (Å²) >= 11 is 0. The smallest absolute Gasteiger partial charge is 0.264 e. The fourth-order valence-corrected chi connectivity index (χ4v) is 19.2. The second-order valence-electron chi connectivity index (χ2n) is 13.6. The molecule has 2 aromatic rings. The van der Waals surface area contributed by atoms with E-state index in [0.717, 1.165) is 10.8 Å². The van der Waals surface area contributed by atoms with E-state index in [-0.39, 0.29) is 11.8 Å². The van der Waals surface area contributed by atoms with Crippen LogP contribution in [-0.2, 0) is 30.0 Å². The molecule has 4 N–H and O–H groups in total. The lowest BCUT2D eigenvalue weighted by molar-refractivity contribution is -0.166. The van der Waals surface area contributed by atoms with Crippen LogP contribution in [0.5, 0.6) is 0 Å². The van der Waals surface area contributed by atoms with Gasteiger partial charge in [0, 0.05) is 25.5 Å². The van der Waals surface area contributed by atoms with E-state index in [9.17, 15) is 29.4 Å². The third-order valence-electron chi connectivity index (χ3n) is 12.1. The highest BCUT2D eigenvalue weighted by Crippen LogP contribution is 2.78. The van der Waals surface area contributed by atoms with Crippen LogP contribution in [0.2, 0.25) is 0 Å². The number of carbonyl (C=O) groups is 4. The molecule has 244 valence electrons. The molecule has 10 aliphatic rings. The number of para-hydroxylation sites is 2. The molecule has 0 saturated carbocycles. The summed E-state index contributed by atoms with van der Waals surface area (Å²) in [5.41, 5.74) is -0.815. The Balaban J connectivity index is 1.35. The molecule has 4 amide bonds. The zero-order valence-corrected chi connectivity index (χ0v) is 29.4. The number of aliphatic hydroxyl groups excluding tert-OH is 2. The summed E-state index contributed by atoms with van der Waals surface area (Å²) in [4.78, 5) is 58.7. The Morgan fingerprint density at radius 2 is 1.04 bits per heavy atom. The lowest BCUT2D eigenvalue weighted by Gasteiger charge is -2.58. The van der Waals surface area contributed by atoms with E-state index >= 15 is 0 Å². The van der Waals surface area contributed by atoms with Crippen LogP contribution >= 0.6 is 53.0 Å². The zero-order valence-electron chi connectivity index (χ0n) is 25.3. The monoisotopic (exact) mass is 728 g/mol. The third-order valence-corrected chi connectivity index (χ3v) is 21.0. The van der Waals surface area contributed by atoms with Gasteiger partial charge in [0.2, 0.25) is 9.74 Å². The maximum atomic E-state index is 14.9. The molecule has 0 aromatic heterocycles. The Hall–Kier alpha value is -2.41. The lowest BCUT2D eigenvalue weighted by Crippen LogP contribution is -2.77. The highest BCUT2D eigenvalue weighted by molar-refractivity contribution is 9.10. The number of nitrogens with one attached hydrogen (secondary N) is 2. The first-order chi connectivity index (χ1) is 22.3. The van der Waals surface area contributed by atoms with Crippen molar-refractivity contribution in [1.82, 2.24) is 19.6 Å². The number of piperazine rings is 2. The van der Waals surface area contributed by atoms with Crippen molar-refractivity contribution in [3.05, 3.63) is 59.7 Å². The van der Waals surface area contributed by atoms with Gasteiger partial charge < -0.3 is 30.6 Å². The number of likely N-dealkylation sites (N-methyl/N-ethyl adjacent to an activating group) is 2. The van der Waals surface area contributed by atoms with Crippen molar-refractivity contribution < 1.29 is 29.4 Å². The minimum Gasteiger partial charge on any atom is -0.388 e. The summed E-state index contributed by atoms with van der Waals surface area (Å²) < 4.78 is 0. The maximum absolute atomic E-state index is 14.9. The number of carbonyl (C=O) groups excluding carboxylic acids is 4. The van der Waals surface area contributed by atoms with E-state index in [0.29, 0.717) is 22.5 Å². The van der Waals surface area contributed by atoms with Gasteiger partial charge >= 0.3 is 0 Å². The molecule has 12 nitrogen and oxygen atoms in total. The SMILES string of the molecule is CN1C(=O)[C@]23SSS[C@]1(C)C(=O)N2[C@H]1Nc2ccccc2[C@@]1([C@@]12c4ccccc4N[C@@H]1N1C(=O)[C@@]4(C)SS[C@]1(C(=O)N4C)[C@H]2O)[C@@H]3O. The van der Waals surface area contributed by atoms with E-state index in [1.165, 1.54) is 61.8 Å². The summed E-state index contributed by atoms with van der Waals surface area (Å²) in [6.45, 7) is 3.42. The average Bonchev–Trinajstić information content (AvgIpc) is 3.67. The second-order valence-corrected chi connectivity index (χ2v) is 20.8. The number of anilines is 2. The standard InChI is InChI=1S/C30H28N6O6S5/c1-25-21(39)35-19-27(13-9-5-7-11-15(13)31-19,17(37)29(35,45-43-25)23(41)33(25)3)28-14-10-6-8-12-16(14)32-20(28)36-22(40)26(2)34(4)24(42)30(36,18(28)38)46-47-44-26/h5-12,17-20,31-32,37-38H,1-4H3/t17-,18-,19+,20+,25+,26+,27+,28+,29-,30-/m0/s1. The minimum atomic E-state index is -1.79. The number of rotatable bonds is 1. The number of hydrogen-bond donors (Lipinski definition) is 4. The lowest BCUT2D eigenvalue weighted by atomic mass is 9.52. The minimum absolute atomic E-state index is 0.344. The van der Waals surface area contributed by atoms with Crippen LogP contribution in [0.25, 0.3) is 0 Å². The molecular weight excluding hydrogens is 701 g/mol. The van der Waals surface area contributed by atoms with Crippen molar-refractivity contribution in [2.24, 2.45) is 0 Å². The van der Waals surface area contributed by atoms with Gasteiger partial charge in [-0.3, -0.25) is 29.0 Å². The molecule has 12 rings (SSSR count). The van der Waals surface area contributed by atoms with Gasteiger partial charge in [0.05, 0.1) is 10.8 Å². The van der Waals surface area contributed by atoms with Crippen LogP contribution in [0.15, 0.2) is 48.5 Å². The molecule has 10 atom stereocenters. The van der Waals surface area contributed by atoms with Crippen molar-refractivity contribution in [2.75, 3.05) is 24.7 Å². The van der Waals surface area contributed by atoms with Gasteiger partial charge in [0.25, 0.3) is 23.6 Å². The maximum Gasteiger partial charge on any atom is 0.264 e. The Morgan fingerprint density at radius 3 is 1.53 bits per heavy atom. The number of fused-ring (bicyclic) bond motifs is 12. The zero-order chi connectivity index (χ0) is 32.8. The highest BCUT2D eigenvalue weighted by atomic mass is 33.5. The molecule has 4 bridgehead atoms. The number of nitrogens with zero attached hydrogens (tertiary/aromatic N) is 4. The first-order valence-electron chi connectivity index (χ1n) is 15.1. The van der Waals surface area contributed by atoms with E-state index in [1.54, 1.807) is 27.9 Å². The summed E-state index contributed by atoms with van der Waals surface area (Å²) in [5.74, 6) is -1.54. The normalized spacial score (nSPS) is 46.5. The second kappa shape index (κ2) is 8.47. The van der Waals surface area contributed by atoms with E-state index in [1.807, 2.05) is 48.5 Å². The van der Waals surface area contributed by atoms with Gasteiger partial charge in [0.1, 0.15) is 24.5 Å². The topological polar surface area (TPSA) is 146 Å². The van der Waals surface area contributed by atoms with Gasteiger partial charge in [-0.15, -0.1) is 0 Å². The Bertz CT molecular complexity index is 1920. The Labute approximate surface area is 288 Å². The Morgan fingerprint density at radius 1 is 0.617 bits per heavy atom. The van der Waals surface area contributed by atoms with Crippen LogP contribution in [0, 0.1) is 0 Å². The predicted octanol–water partition coefficient (Wildman–Crippen LogP) is 1.98. The van der Waals surface area contributed by atoms with Crippen LogP contribution in [0.3, 0.4) is 0 Å². The van der Waals surface area contributed by atoms with Crippen LogP contribution < -0.4 is 10.6 Å². The van der Waals surface area contributed by atoms with Crippen LogP contribution in [-0.4, -0.2) is 112 Å². The fourth-order valence-electron chi connectivity index (χ4n) is 9.79. The fraction of sp³-hybridized carbons (Fsp3) is 0.467. The molecule has 0 radical (unpaired) electrons. The van der Waals surface area contributed by atoms with Crippen molar-refractivity contribution in [2.45, 2.75) is 68.7 Å². The summed E-state index contributed by atoms with van der Waals surface area (Å²) in [6, 6.07) is 14.8. The Kier molecular flexibility index (Phi) is 5.32.